The zero-order valence-electron chi connectivity index (χ0n) is 13.2. The van der Waals surface area contributed by atoms with Gasteiger partial charge in [-0.25, -0.2) is 14.2 Å². The Hall–Kier alpha value is -2.77. The maximum atomic E-state index is 13.7. The van der Waals surface area contributed by atoms with Crippen molar-refractivity contribution in [1.29, 1.82) is 0 Å². The standard InChI is InChI=1S/C16H17FN4O3/c1-23-16(22)13-6-7-14(20-19-13)21-9-3-4-11(10-21)24-15-12(17)5-2-8-18-15/h2,5-8,11H,3-4,9-10H2,1H3/t11-/m1/s1. The van der Waals surface area contributed by atoms with E-state index < -0.39 is 11.8 Å². The van der Waals surface area contributed by atoms with E-state index in [0.29, 0.717) is 12.4 Å². The maximum absolute atomic E-state index is 13.7. The summed E-state index contributed by atoms with van der Waals surface area (Å²) < 4.78 is 23.9. The molecule has 1 aliphatic rings. The molecule has 0 N–H and O–H groups in total. The summed E-state index contributed by atoms with van der Waals surface area (Å²) in [7, 11) is 1.29. The summed E-state index contributed by atoms with van der Waals surface area (Å²) in [5, 5.41) is 7.93. The Labute approximate surface area is 138 Å². The number of hydrogen-bond acceptors (Lipinski definition) is 7. The molecular weight excluding hydrogens is 315 g/mol. The van der Waals surface area contributed by atoms with Crippen LogP contribution >= 0.6 is 0 Å². The fourth-order valence-electron chi connectivity index (χ4n) is 2.57. The number of aromatic nitrogens is 3. The SMILES string of the molecule is COC(=O)c1ccc(N2CCC[C@@H](Oc3ncccc3F)C2)nn1. The average molecular weight is 332 g/mol. The Kier molecular flexibility index (Phi) is 4.83. The Balaban J connectivity index is 1.67. The highest BCUT2D eigenvalue weighted by Crippen LogP contribution is 2.22. The van der Waals surface area contributed by atoms with Gasteiger partial charge in [-0.2, -0.15) is 0 Å². The first-order valence-electron chi connectivity index (χ1n) is 7.61. The highest BCUT2D eigenvalue weighted by atomic mass is 19.1. The Morgan fingerprint density at radius 2 is 2.21 bits per heavy atom. The molecule has 0 bridgehead atoms. The van der Waals surface area contributed by atoms with Gasteiger partial charge in [0.05, 0.1) is 13.7 Å². The molecule has 2 aromatic rings. The lowest BCUT2D eigenvalue weighted by Gasteiger charge is -2.33. The van der Waals surface area contributed by atoms with Gasteiger partial charge >= 0.3 is 5.97 Å². The second-order valence-corrected chi connectivity index (χ2v) is 5.39. The van der Waals surface area contributed by atoms with Gasteiger partial charge < -0.3 is 14.4 Å². The second kappa shape index (κ2) is 7.20. The van der Waals surface area contributed by atoms with E-state index in [1.165, 1.54) is 25.4 Å². The number of piperidine rings is 1. The van der Waals surface area contributed by atoms with Gasteiger partial charge in [0, 0.05) is 12.7 Å². The number of methoxy groups -OCH3 is 1. The lowest BCUT2D eigenvalue weighted by molar-refractivity contribution is 0.0592. The number of hydrogen-bond donors (Lipinski definition) is 0. The van der Waals surface area contributed by atoms with Crippen LogP contribution in [0.5, 0.6) is 5.88 Å². The summed E-state index contributed by atoms with van der Waals surface area (Å²) in [6, 6.07) is 6.12. The van der Waals surface area contributed by atoms with Gasteiger partial charge in [0.2, 0.25) is 0 Å². The van der Waals surface area contributed by atoms with E-state index in [1.54, 1.807) is 12.1 Å². The van der Waals surface area contributed by atoms with Gasteiger partial charge in [-0.3, -0.25) is 0 Å². The molecule has 7 nitrogen and oxygen atoms in total. The summed E-state index contributed by atoms with van der Waals surface area (Å²) >= 11 is 0. The molecule has 0 spiro atoms. The molecule has 0 unspecified atom stereocenters. The zero-order chi connectivity index (χ0) is 16.9. The zero-order valence-corrected chi connectivity index (χ0v) is 13.2. The third-order valence-corrected chi connectivity index (χ3v) is 3.75. The van der Waals surface area contributed by atoms with Crippen molar-refractivity contribution in [2.24, 2.45) is 0 Å². The molecule has 3 rings (SSSR count). The van der Waals surface area contributed by atoms with Crippen molar-refractivity contribution in [1.82, 2.24) is 15.2 Å². The molecule has 126 valence electrons. The second-order valence-electron chi connectivity index (χ2n) is 5.39. The fourth-order valence-corrected chi connectivity index (χ4v) is 2.57. The van der Waals surface area contributed by atoms with Crippen LogP contribution in [0.4, 0.5) is 10.2 Å². The summed E-state index contributed by atoms with van der Waals surface area (Å²) in [6.07, 6.45) is 2.99. The third kappa shape index (κ3) is 3.58. The van der Waals surface area contributed by atoms with Crippen molar-refractivity contribution in [2.75, 3.05) is 25.1 Å². The van der Waals surface area contributed by atoms with Gasteiger partial charge in [-0.1, -0.05) is 0 Å². The van der Waals surface area contributed by atoms with Crippen LogP contribution in [-0.4, -0.2) is 47.5 Å². The van der Waals surface area contributed by atoms with Gasteiger partial charge in [-0.05, 0) is 37.1 Å². The number of nitrogens with zero attached hydrogens (tertiary/aromatic N) is 4. The number of anilines is 1. The molecule has 8 heteroatoms. The highest BCUT2D eigenvalue weighted by Gasteiger charge is 2.24. The van der Waals surface area contributed by atoms with E-state index >= 15 is 0 Å². The van der Waals surface area contributed by atoms with Crippen molar-refractivity contribution in [3.63, 3.8) is 0 Å². The molecule has 1 saturated heterocycles. The van der Waals surface area contributed by atoms with Gasteiger partial charge in [0.25, 0.3) is 5.88 Å². The van der Waals surface area contributed by atoms with Gasteiger partial charge in [0.1, 0.15) is 6.10 Å². The fraction of sp³-hybridized carbons (Fsp3) is 0.375. The number of ether oxygens (including phenoxy) is 2. The molecular formula is C16H17FN4O3. The van der Waals surface area contributed by atoms with E-state index in [2.05, 4.69) is 19.9 Å². The number of halogens is 1. The first-order chi connectivity index (χ1) is 11.7. The van der Waals surface area contributed by atoms with E-state index in [1.807, 2.05) is 4.90 Å². The van der Waals surface area contributed by atoms with Gasteiger partial charge in [-0.15, -0.1) is 10.2 Å². The largest absolute Gasteiger partial charge is 0.470 e. The summed E-state index contributed by atoms with van der Waals surface area (Å²) in [6.45, 7) is 1.33. The normalized spacial score (nSPS) is 17.4. The highest BCUT2D eigenvalue weighted by molar-refractivity contribution is 5.86. The first-order valence-corrected chi connectivity index (χ1v) is 7.61. The van der Waals surface area contributed by atoms with Crippen LogP contribution in [0.2, 0.25) is 0 Å². The molecule has 0 saturated carbocycles. The van der Waals surface area contributed by atoms with Crippen LogP contribution in [0, 0.1) is 5.82 Å². The van der Waals surface area contributed by atoms with Crippen LogP contribution < -0.4 is 9.64 Å². The van der Waals surface area contributed by atoms with E-state index in [0.717, 1.165) is 19.4 Å². The maximum Gasteiger partial charge on any atom is 0.358 e. The molecule has 24 heavy (non-hydrogen) atoms. The monoisotopic (exact) mass is 332 g/mol. The molecule has 3 heterocycles. The Morgan fingerprint density at radius 3 is 2.92 bits per heavy atom. The van der Waals surface area contributed by atoms with Crippen LogP contribution in [-0.2, 0) is 4.74 Å². The third-order valence-electron chi connectivity index (χ3n) is 3.75. The molecule has 1 aliphatic heterocycles. The van der Waals surface area contributed by atoms with E-state index in [-0.39, 0.29) is 17.7 Å². The van der Waals surface area contributed by atoms with Crippen LogP contribution in [0.3, 0.4) is 0 Å². The molecule has 0 aromatic carbocycles. The van der Waals surface area contributed by atoms with Crippen molar-refractivity contribution in [2.45, 2.75) is 18.9 Å². The van der Waals surface area contributed by atoms with Gasteiger partial charge in [0.15, 0.2) is 17.3 Å². The summed E-state index contributed by atoms with van der Waals surface area (Å²) in [4.78, 5) is 17.3. The van der Waals surface area contributed by atoms with Crippen LogP contribution in [0.25, 0.3) is 0 Å². The number of carbonyl (C=O) groups excluding carboxylic acids is 1. The quantitative estimate of drug-likeness (QED) is 0.791. The first kappa shape index (κ1) is 16.1. The predicted molar refractivity (Wildman–Crippen MR) is 83.4 cm³/mol. The van der Waals surface area contributed by atoms with Crippen molar-refractivity contribution in [3.05, 3.63) is 42.0 Å². The minimum atomic E-state index is -0.528. The average Bonchev–Trinajstić information content (AvgIpc) is 2.63. The predicted octanol–water partition coefficient (Wildman–Crippen LogP) is 1.85. The van der Waals surface area contributed by atoms with Crippen molar-refractivity contribution in [3.8, 4) is 5.88 Å². The number of esters is 1. The minimum Gasteiger partial charge on any atom is -0.470 e. The molecule has 0 radical (unpaired) electrons. The molecule has 2 aromatic heterocycles. The van der Waals surface area contributed by atoms with Crippen molar-refractivity contribution < 1.29 is 18.7 Å². The smallest absolute Gasteiger partial charge is 0.358 e. The molecule has 0 amide bonds. The number of rotatable bonds is 4. The number of pyridine rings is 1. The molecule has 0 aliphatic carbocycles. The summed E-state index contributed by atoms with van der Waals surface area (Å²) in [5.74, 6) is -0.356. The Bertz CT molecular complexity index is 711. The van der Waals surface area contributed by atoms with Crippen LogP contribution in [0.15, 0.2) is 30.5 Å². The van der Waals surface area contributed by atoms with E-state index in [9.17, 15) is 9.18 Å². The molecule has 1 fully saturated rings. The van der Waals surface area contributed by atoms with E-state index in [4.69, 9.17) is 4.74 Å². The Morgan fingerprint density at radius 1 is 1.33 bits per heavy atom. The summed E-state index contributed by atoms with van der Waals surface area (Å²) in [5.41, 5.74) is 0.154. The van der Waals surface area contributed by atoms with Crippen LogP contribution in [0.1, 0.15) is 23.3 Å². The number of carbonyl (C=O) groups is 1. The lowest BCUT2D eigenvalue weighted by Crippen LogP contribution is -2.42. The lowest BCUT2D eigenvalue weighted by atomic mass is 10.1. The van der Waals surface area contributed by atoms with Crippen molar-refractivity contribution >= 4 is 11.8 Å². The topological polar surface area (TPSA) is 77.4 Å². The minimum absolute atomic E-state index is 0.0106. The molecule has 1 atom stereocenters.